The zero-order valence-corrected chi connectivity index (χ0v) is 13.8. The van der Waals surface area contributed by atoms with Crippen LogP contribution in [0.1, 0.15) is 12.6 Å². The molecule has 0 saturated carbocycles. The van der Waals surface area contributed by atoms with E-state index in [9.17, 15) is 4.79 Å². The standard InChI is InChI=1S/C13H9I2NO2/c1-7(13(17)18)4-12-10-5-8(14)6-11(15)9(10)2-3-16-12/h2-6H,1H3,(H,17,18)/b7-4+. The number of carboxylic acids is 1. The maximum atomic E-state index is 10.9. The highest BCUT2D eigenvalue weighted by Crippen LogP contribution is 2.26. The van der Waals surface area contributed by atoms with Crippen LogP contribution in [0.2, 0.25) is 0 Å². The molecule has 1 N–H and O–H groups in total. The number of aliphatic carboxylic acids is 1. The van der Waals surface area contributed by atoms with Gasteiger partial charge in [-0.3, -0.25) is 4.98 Å². The molecule has 0 saturated heterocycles. The van der Waals surface area contributed by atoms with Crippen LogP contribution < -0.4 is 0 Å². The van der Waals surface area contributed by atoms with Gasteiger partial charge in [0.05, 0.1) is 5.69 Å². The third-order valence-electron chi connectivity index (χ3n) is 2.52. The molecule has 0 aliphatic rings. The minimum Gasteiger partial charge on any atom is -0.478 e. The van der Waals surface area contributed by atoms with Gasteiger partial charge in [-0.15, -0.1) is 0 Å². The van der Waals surface area contributed by atoms with Crippen LogP contribution in [0.25, 0.3) is 16.8 Å². The monoisotopic (exact) mass is 465 g/mol. The second-order valence-corrected chi connectivity index (χ2v) is 6.22. The number of benzene rings is 1. The highest BCUT2D eigenvalue weighted by Gasteiger charge is 2.07. The molecule has 1 aromatic heterocycles. The van der Waals surface area contributed by atoms with Gasteiger partial charge in [-0.2, -0.15) is 0 Å². The summed E-state index contributed by atoms with van der Waals surface area (Å²) in [7, 11) is 0. The van der Waals surface area contributed by atoms with E-state index >= 15 is 0 Å². The van der Waals surface area contributed by atoms with Gasteiger partial charge in [-0.25, -0.2) is 4.79 Å². The van der Waals surface area contributed by atoms with E-state index in [1.165, 1.54) is 0 Å². The van der Waals surface area contributed by atoms with Crippen molar-refractivity contribution < 1.29 is 9.90 Å². The Bertz CT molecular complexity index is 665. The fraction of sp³-hybridized carbons (Fsp3) is 0.0769. The summed E-state index contributed by atoms with van der Waals surface area (Å²) in [5.74, 6) is -0.922. The van der Waals surface area contributed by atoms with Crippen LogP contribution in [0.4, 0.5) is 0 Å². The van der Waals surface area contributed by atoms with Crippen molar-refractivity contribution in [2.45, 2.75) is 6.92 Å². The number of carboxylic acid groups (broad SMARTS) is 1. The maximum absolute atomic E-state index is 10.9. The molecule has 5 heteroatoms. The van der Waals surface area contributed by atoms with E-state index in [4.69, 9.17) is 5.11 Å². The fourth-order valence-corrected chi connectivity index (χ4v) is 3.63. The van der Waals surface area contributed by atoms with E-state index in [0.29, 0.717) is 5.69 Å². The summed E-state index contributed by atoms with van der Waals surface area (Å²) in [6.45, 7) is 1.57. The van der Waals surface area contributed by atoms with Crippen LogP contribution in [0.15, 0.2) is 30.0 Å². The largest absolute Gasteiger partial charge is 0.478 e. The van der Waals surface area contributed by atoms with Crippen LogP contribution in [-0.2, 0) is 4.79 Å². The summed E-state index contributed by atoms with van der Waals surface area (Å²) in [5, 5.41) is 11.0. The lowest BCUT2D eigenvalue weighted by Gasteiger charge is -2.05. The van der Waals surface area contributed by atoms with Gasteiger partial charge in [0.2, 0.25) is 0 Å². The van der Waals surface area contributed by atoms with Crippen LogP contribution in [0.5, 0.6) is 0 Å². The average molecular weight is 465 g/mol. The Morgan fingerprint density at radius 3 is 2.72 bits per heavy atom. The van der Waals surface area contributed by atoms with Crippen LogP contribution in [-0.4, -0.2) is 16.1 Å². The van der Waals surface area contributed by atoms with E-state index in [0.717, 1.165) is 17.9 Å². The molecule has 0 bridgehead atoms. The maximum Gasteiger partial charge on any atom is 0.331 e. The first-order valence-electron chi connectivity index (χ1n) is 5.14. The first-order chi connectivity index (χ1) is 8.49. The molecule has 18 heavy (non-hydrogen) atoms. The van der Waals surface area contributed by atoms with Gasteiger partial charge in [-0.1, -0.05) is 0 Å². The number of fused-ring (bicyclic) bond motifs is 1. The van der Waals surface area contributed by atoms with Crippen molar-refractivity contribution >= 4 is 68.0 Å². The summed E-state index contributed by atoms with van der Waals surface area (Å²) >= 11 is 4.53. The second-order valence-electron chi connectivity index (χ2n) is 3.81. The average Bonchev–Trinajstić information content (AvgIpc) is 2.29. The van der Waals surface area contributed by atoms with Crippen LogP contribution >= 0.6 is 45.2 Å². The third kappa shape index (κ3) is 2.82. The number of halogens is 2. The molecule has 2 rings (SSSR count). The van der Waals surface area contributed by atoms with Crippen molar-refractivity contribution in [1.29, 1.82) is 0 Å². The van der Waals surface area contributed by atoms with Crippen molar-refractivity contribution in [2.24, 2.45) is 0 Å². The van der Waals surface area contributed by atoms with Gasteiger partial charge in [-0.05, 0) is 81.8 Å². The topological polar surface area (TPSA) is 50.2 Å². The molecular weight excluding hydrogens is 456 g/mol. The van der Waals surface area contributed by atoms with E-state index < -0.39 is 5.97 Å². The Kier molecular flexibility index (Phi) is 4.21. The molecule has 0 aliphatic heterocycles. The molecule has 2 aromatic rings. The lowest BCUT2D eigenvalue weighted by Crippen LogP contribution is -1.97. The molecule has 0 fully saturated rings. The lowest BCUT2D eigenvalue weighted by atomic mass is 10.1. The summed E-state index contributed by atoms with van der Waals surface area (Å²) in [4.78, 5) is 15.1. The number of rotatable bonds is 2. The molecule has 0 aliphatic carbocycles. The third-order valence-corrected chi connectivity index (χ3v) is 4.03. The van der Waals surface area contributed by atoms with E-state index in [-0.39, 0.29) is 5.57 Å². The highest BCUT2D eigenvalue weighted by atomic mass is 127. The molecule has 0 amide bonds. The smallest absolute Gasteiger partial charge is 0.331 e. The zero-order valence-electron chi connectivity index (χ0n) is 9.45. The predicted molar refractivity (Wildman–Crippen MR) is 88.5 cm³/mol. The Balaban J connectivity index is 2.73. The second kappa shape index (κ2) is 5.52. The van der Waals surface area contributed by atoms with Crippen molar-refractivity contribution in [3.63, 3.8) is 0 Å². The molecule has 92 valence electrons. The van der Waals surface area contributed by atoms with Gasteiger partial charge in [0, 0.05) is 24.3 Å². The van der Waals surface area contributed by atoms with Crippen molar-refractivity contribution in [2.75, 3.05) is 0 Å². The predicted octanol–water partition coefficient (Wildman–Crippen LogP) is 3.93. The molecule has 3 nitrogen and oxygen atoms in total. The molecule has 0 unspecified atom stereocenters. The Hall–Kier alpha value is -0.700. The first kappa shape index (κ1) is 13.7. The van der Waals surface area contributed by atoms with Crippen molar-refractivity contribution in [3.05, 3.63) is 42.8 Å². The number of carbonyl (C=O) groups is 1. The Labute approximate surface area is 132 Å². The van der Waals surface area contributed by atoms with Gasteiger partial charge in [0.25, 0.3) is 0 Å². The van der Waals surface area contributed by atoms with E-state index in [1.807, 2.05) is 12.1 Å². The molecule has 1 heterocycles. The highest BCUT2D eigenvalue weighted by molar-refractivity contribution is 14.1. The minimum atomic E-state index is -0.922. The fourth-order valence-electron chi connectivity index (χ4n) is 1.61. The minimum absolute atomic E-state index is 0.281. The summed E-state index contributed by atoms with van der Waals surface area (Å²) in [6.07, 6.45) is 3.31. The van der Waals surface area contributed by atoms with E-state index in [2.05, 4.69) is 56.2 Å². The van der Waals surface area contributed by atoms with Gasteiger partial charge in [0.1, 0.15) is 0 Å². The van der Waals surface area contributed by atoms with Gasteiger partial charge < -0.3 is 5.11 Å². The number of hydrogen-bond donors (Lipinski definition) is 1. The van der Waals surface area contributed by atoms with Crippen LogP contribution in [0, 0.1) is 7.14 Å². The SMILES string of the molecule is C/C(=C\c1nccc2c(I)cc(I)cc12)C(=O)O. The summed E-state index contributed by atoms with van der Waals surface area (Å²) in [5.41, 5.74) is 0.979. The zero-order chi connectivity index (χ0) is 13.3. The molecule has 0 atom stereocenters. The quantitative estimate of drug-likeness (QED) is 0.541. The molecular formula is C13H9I2NO2. The Morgan fingerprint density at radius 1 is 1.33 bits per heavy atom. The van der Waals surface area contributed by atoms with Crippen molar-refractivity contribution in [1.82, 2.24) is 4.98 Å². The van der Waals surface area contributed by atoms with Crippen LogP contribution in [0.3, 0.4) is 0 Å². The van der Waals surface area contributed by atoms with Crippen molar-refractivity contribution in [3.8, 4) is 0 Å². The number of hydrogen-bond acceptors (Lipinski definition) is 2. The molecule has 1 aromatic carbocycles. The normalized spacial score (nSPS) is 11.8. The summed E-state index contributed by atoms with van der Waals surface area (Å²) in [6, 6.07) is 6.05. The molecule has 0 radical (unpaired) electrons. The number of nitrogens with zero attached hydrogens (tertiary/aromatic N) is 1. The summed E-state index contributed by atoms with van der Waals surface area (Å²) < 4.78 is 2.25. The number of pyridine rings is 1. The van der Waals surface area contributed by atoms with Gasteiger partial charge >= 0.3 is 5.97 Å². The van der Waals surface area contributed by atoms with E-state index in [1.54, 1.807) is 19.2 Å². The lowest BCUT2D eigenvalue weighted by molar-refractivity contribution is -0.132. The van der Waals surface area contributed by atoms with Gasteiger partial charge in [0.15, 0.2) is 0 Å². The first-order valence-corrected chi connectivity index (χ1v) is 7.30. The number of aromatic nitrogens is 1. The Morgan fingerprint density at radius 2 is 2.06 bits per heavy atom. The molecule has 0 spiro atoms.